The number of halogens is 1. The number of aryl methyl sites for hydroxylation is 2. The summed E-state index contributed by atoms with van der Waals surface area (Å²) in [6, 6.07) is 7.65. The lowest BCUT2D eigenvalue weighted by Crippen LogP contribution is -2.54. The fraction of sp³-hybridized carbons (Fsp3) is 0.280. The van der Waals surface area contributed by atoms with Crippen LogP contribution in [-0.2, 0) is 19.1 Å². The van der Waals surface area contributed by atoms with Crippen LogP contribution in [0.3, 0.4) is 0 Å². The maximum atomic E-state index is 13.2. The summed E-state index contributed by atoms with van der Waals surface area (Å²) in [6.45, 7) is 7.38. The van der Waals surface area contributed by atoms with Gasteiger partial charge in [0, 0.05) is 0 Å². The van der Waals surface area contributed by atoms with Gasteiger partial charge in [0.2, 0.25) is 0 Å². The van der Waals surface area contributed by atoms with Crippen molar-refractivity contribution in [3.8, 4) is 11.5 Å². The lowest BCUT2D eigenvalue weighted by atomic mass is 10.0. The van der Waals surface area contributed by atoms with Gasteiger partial charge >= 0.3 is 12.0 Å². The van der Waals surface area contributed by atoms with Gasteiger partial charge in [-0.25, -0.2) is 14.5 Å². The first-order chi connectivity index (χ1) is 16.6. The Morgan fingerprint density at radius 2 is 1.69 bits per heavy atom. The monoisotopic (exact) mass is 544 g/mol. The molecule has 1 aliphatic heterocycles. The van der Waals surface area contributed by atoms with Gasteiger partial charge < -0.3 is 14.2 Å². The number of carbonyl (C=O) groups is 4. The molecular weight excluding hydrogens is 520 g/mol. The minimum atomic E-state index is -0.818. The third-order valence-corrected chi connectivity index (χ3v) is 5.44. The zero-order valence-electron chi connectivity index (χ0n) is 19.8. The molecule has 1 saturated heterocycles. The molecule has 0 radical (unpaired) electrons. The second kappa shape index (κ2) is 11.2. The molecule has 0 spiro atoms. The number of anilines is 1. The number of benzene rings is 2. The van der Waals surface area contributed by atoms with E-state index in [1.54, 1.807) is 38.1 Å². The van der Waals surface area contributed by atoms with Crippen molar-refractivity contribution in [3.05, 3.63) is 57.1 Å². The normalized spacial score (nSPS) is 14.7. The van der Waals surface area contributed by atoms with Crippen LogP contribution >= 0.6 is 15.9 Å². The Hall–Kier alpha value is -3.66. The number of imide groups is 2. The quantitative estimate of drug-likeness (QED) is 0.303. The highest BCUT2D eigenvalue weighted by atomic mass is 79.9. The van der Waals surface area contributed by atoms with E-state index < -0.39 is 23.8 Å². The Morgan fingerprint density at radius 1 is 1.00 bits per heavy atom. The summed E-state index contributed by atoms with van der Waals surface area (Å²) in [6.07, 6.45) is 1.36. The molecule has 9 nitrogen and oxygen atoms in total. The summed E-state index contributed by atoms with van der Waals surface area (Å²) in [7, 11) is 0. The van der Waals surface area contributed by atoms with Crippen molar-refractivity contribution >= 4 is 51.5 Å². The van der Waals surface area contributed by atoms with Gasteiger partial charge in [-0.1, -0.05) is 6.07 Å². The number of hydrogen-bond donors (Lipinski definition) is 1. The second-order valence-corrected chi connectivity index (χ2v) is 8.51. The second-order valence-electron chi connectivity index (χ2n) is 7.66. The van der Waals surface area contributed by atoms with E-state index in [9.17, 15) is 19.2 Å². The van der Waals surface area contributed by atoms with Crippen LogP contribution in [0, 0.1) is 13.8 Å². The number of hydrogen-bond acceptors (Lipinski definition) is 7. The van der Waals surface area contributed by atoms with Crippen LogP contribution in [0.4, 0.5) is 10.5 Å². The van der Waals surface area contributed by atoms with E-state index in [0.717, 1.165) is 16.0 Å². The molecule has 2 aromatic carbocycles. The summed E-state index contributed by atoms with van der Waals surface area (Å²) in [5, 5.41) is 2.22. The van der Waals surface area contributed by atoms with Crippen molar-refractivity contribution in [1.29, 1.82) is 0 Å². The number of nitrogens with one attached hydrogen (secondary N) is 1. The molecule has 4 amide bonds. The van der Waals surface area contributed by atoms with Crippen molar-refractivity contribution in [2.24, 2.45) is 0 Å². The Labute approximate surface area is 211 Å². The molecule has 10 heteroatoms. The maximum Gasteiger partial charge on any atom is 0.344 e. The Kier molecular flexibility index (Phi) is 8.29. The Morgan fingerprint density at radius 3 is 2.31 bits per heavy atom. The molecule has 3 rings (SSSR count). The van der Waals surface area contributed by atoms with Crippen molar-refractivity contribution in [3.63, 3.8) is 0 Å². The van der Waals surface area contributed by atoms with Crippen molar-refractivity contribution < 1.29 is 33.4 Å². The van der Waals surface area contributed by atoms with E-state index in [2.05, 4.69) is 21.2 Å². The fourth-order valence-electron chi connectivity index (χ4n) is 3.55. The number of ether oxygens (including phenoxy) is 3. The van der Waals surface area contributed by atoms with Crippen LogP contribution in [0.2, 0.25) is 0 Å². The lowest BCUT2D eigenvalue weighted by molar-refractivity contribution is -0.145. The summed E-state index contributed by atoms with van der Waals surface area (Å²) >= 11 is 3.39. The molecule has 184 valence electrons. The molecule has 0 aliphatic carbocycles. The van der Waals surface area contributed by atoms with Gasteiger partial charge in [-0.2, -0.15) is 0 Å². The van der Waals surface area contributed by atoms with E-state index >= 15 is 0 Å². The minimum absolute atomic E-state index is 0.224. The number of esters is 1. The average molecular weight is 545 g/mol. The number of urea groups is 1. The van der Waals surface area contributed by atoms with Crippen LogP contribution in [-0.4, -0.2) is 43.6 Å². The highest BCUT2D eigenvalue weighted by Gasteiger charge is 2.37. The van der Waals surface area contributed by atoms with Crippen LogP contribution in [0.15, 0.2) is 40.4 Å². The van der Waals surface area contributed by atoms with E-state index in [-0.39, 0.29) is 24.5 Å². The predicted molar refractivity (Wildman–Crippen MR) is 132 cm³/mol. The van der Waals surface area contributed by atoms with Crippen molar-refractivity contribution in [1.82, 2.24) is 5.32 Å². The third-order valence-electron chi connectivity index (χ3n) is 4.85. The molecule has 0 atom stereocenters. The molecule has 1 fully saturated rings. The smallest absolute Gasteiger partial charge is 0.344 e. The summed E-state index contributed by atoms with van der Waals surface area (Å²) in [4.78, 5) is 50.9. The maximum absolute atomic E-state index is 13.2. The van der Waals surface area contributed by atoms with Crippen molar-refractivity contribution in [2.45, 2.75) is 27.7 Å². The number of carbonyl (C=O) groups excluding carboxylic acids is 4. The SMILES string of the molecule is CCOC(=O)COc1c(Br)cc(/C=C2\C(=O)NC(=O)N(c3cc(C)cc(C)c3)C2=O)cc1OCC. The molecule has 1 aliphatic rings. The van der Waals surface area contributed by atoms with Gasteiger partial charge in [0.25, 0.3) is 11.8 Å². The molecule has 2 aromatic rings. The molecule has 0 aromatic heterocycles. The Balaban J connectivity index is 1.98. The first kappa shape index (κ1) is 26.0. The first-order valence-electron chi connectivity index (χ1n) is 10.9. The first-order valence-corrected chi connectivity index (χ1v) is 11.7. The summed E-state index contributed by atoms with van der Waals surface area (Å²) < 4.78 is 16.5. The molecule has 0 saturated carbocycles. The van der Waals surface area contributed by atoms with E-state index in [4.69, 9.17) is 14.2 Å². The molecule has 0 unspecified atom stereocenters. The van der Waals surface area contributed by atoms with Gasteiger partial charge in [0.1, 0.15) is 5.57 Å². The highest BCUT2D eigenvalue weighted by molar-refractivity contribution is 9.10. The highest BCUT2D eigenvalue weighted by Crippen LogP contribution is 2.38. The topological polar surface area (TPSA) is 111 Å². The van der Waals surface area contributed by atoms with Crippen molar-refractivity contribution in [2.75, 3.05) is 24.7 Å². The fourth-order valence-corrected chi connectivity index (χ4v) is 4.12. The number of amides is 4. The van der Waals surface area contributed by atoms with Gasteiger partial charge in [0.05, 0.1) is 23.4 Å². The lowest BCUT2D eigenvalue weighted by Gasteiger charge is -2.27. The molecule has 1 N–H and O–H groups in total. The van der Waals surface area contributed by atoms with Crippen LogP contribution < -0.4 is 19.7 Å². The zero-order valence-corrected chi connectivity index (χ0v) is 21.4. The van der Waals surface area contributed by atoms with Gasteiger partial charge in [-0.15, -0.1) is 0 Å². The van der Waals surface area contributed by atoms with E-state index in [1.807, 2.05) is 19.9 Å². The predicted octanol–water partition coefficient (Wildman–Crippen LogP) is 4.07. The molecule has 1 heterocycles. The van der Waals surface area contributed by atoms with E-state index in [1.165, 1.54) is 6.08 Å². The van der Waals surface area contributed by atoms with Crippen LogP contribution in [0.1, 0.15) is 30.5 Å². The van der Waals surface area contributed by atoms with Gasteiger partial charge in [0.15, 0.2) is 18.1 Å². The Bertz CT molecular complexity index is 1200. The standard InChI is InChI=1S/C25H25BrN2O7/c1-5-33-20-12-16(11-19(26)22(20)35-13-21(29)34-6-2)10-18-23(30)27-25(32)28(24(18)31)17-8-14(3)7-15(4)9-17/h7-12H,5-6,13H2,1-4H3,(H,27,30,32)/b18-10+. The van der Waals surface area contributed by atoms with Crippen LogP contribution in [0.5, 0.6) is 11.5 Å². The minimum Gasteiger partial charge on any atom is -0.490 e. The molecule has 35 heavy (non-hydrogen) atoms. The zero-order chi connectivity index (χ0) is 25.7. The third kappa shape index (κ3) is 6.07. The number of nitrogens with zero attached hydrogens (tertiary/aromatic N) is 1. The van der Waals surface area contributed by atoms with Gasteiger partial charge in [-0.05, 0) is 90.7 Å². The molecular formula is C25H25BrN2O7. The largest absolute Gasteiger partial charge is 0.490 e. The average Bonchev–Trinajstić information content (AvgIpc) is 2.75. The van der Waals surface area contributed by atoms with E-state index in [0.29, 0.717) is 28.1 Å². The summed E-state index contributed by atoms with van der Waals surface area (Å²) in [5.74, 6) is -1.52. The summed E-state index contributed by atoms with van der Waals surface area (Å²) in [5.41, 5.74) is 2.32. The number of rotatable bonds is 8. The van der Waals surface area contributed by atoms with Crippen LogP contribution in [0.25, 0.3) is 6.08 Å². The van der Waals surface area contributed by atoms with Gasteiger partial charge in [-0.3, -0.25) is 14.9 Å². The number of barbiturate groups is 1. The molecule has 0 bridgehead atoms.